The van der Waals surface area contributed by atoms with Crippen molar-refractivity contribution in [3.8, 4) is 51.0 Å². The molecular weight excluding hydrogens is 717 g/mol. The van der Waals surface area contributed by atoms with Crippen LogP contribution in [0.5, 0.6) is 0 Å². The van der Waals surface area contributed by atoms with Crippen LogP contribution in [0.25, 0.3) is 115 Å². The van der Waals surface area contributed by atoms with Crippen LogP contribution in [-0.2, 0) is 0 Å². The number of benzene rings is 8. The molecule has 0 saturated carbocycles. The Balaban J connectivity index is 0.961. The minimum absolute atomic E-state index is 0.652. The molecule has 4 aromatic heterocycles. The first-order valence-electron chi connectivity index (χ1n) is 19.0. The van der Waals surface area contributed by atoms with Gasteiger partial charge >= 0.3 is 0 Å². The van der Waals surface area contributed by atoms with Crippen molar-refractivity contribution in [3.63, 3.8) is 0 Å². The molecule has 4 heterocycles. The van der Waals surface area contributed by atoms with E-state index in [1.54, 1.807) is 11.3 Å². The topological polar surface area (TPSA) is 56.7 Å². The Kier molecular flexibility index (Phi) is 7.03. The lowest BCUT2D eigenvalue weighted by Gasteiger charge is -2.09. The Labute approximate surface area is 330 Å². The van der Waals surface area contributed by atoms with Gasteiger partial charge in [-0.2, -0.15) is 0 Å². The monoisotopic (exact) mass is 746 g/mol. The zero-order chi connectivity index (χ0) is 37.5. The maximum absolute atomic E-state index is 6.57. The summed E-state index contributed by atoms with van der Waals surface area (Å²) < 4.78 is 11.3. The minimum atomic E-state index is 0.652. The van der Waals surface area contributed by atoms with Gasteiger partial charge in [-0.1, -0.05) is 127 Å². The van der Waals surface area contributed by atoms with E-state index >= 15 is 0 Å². The lowest BCUT2D eigenvalue weighted by Crippen LogP contribution is -1.99. The van der Waals surface area contributed by atoms with E-state index in [1.165, 1.54) is 47.5 Å². The molecule has 6 heteroatoms. The van der Waals surface area contributed by atoms with Crippen LogP contribution in [-0.4, -0.2) is 19.5 Å². The molecule has 0 aliphatic carbocycles. The van der Waals surface area contributed by atoms with Gasteiger partial charge in [0.25, 0.3) is 0 Å². The Morgan fingerprint density at radius 1 is 0.386 bits per heavy atom. The largest absolute Gasteiger partial charge is 0.456 e. The number of fused-ring (bicyclic) bond motifs is 9. The highest BCUT2D eigenvalue weighted by Gasteiger charge is 2.18. The third-order valence-electron chi connectivity index (χ3n) is 11.1. The van der Waals surface area contributed by atoms with Crippen LogP contribution < -0.4 is 0 Å². The van der Waals surface area contributed by atoms with Gasteiger partial charge in [-0.05, 0) is 65.7 Å². The standard InChI is InChI=1S/C51H30N4OS/c1-3-12-31(13-4-1)49-52-50(32-14-5-2-6-15-32)54-51(53-49)34-23-26-40-47(29-34)57-46-21-11-18-36(48(40)46)33-22-25-39-41-30-35(24-27-44(41)56-45(39)28-33)55-42-19-9-7-16-37(42)38-17-8-10-20-43(38)55/h1-30H. The summed E-state index contributed by atoms with van der Waals surface area (Å²) in [6.07, 6.45) is 0. The van der Waals surface area contributed by atoms with Crippen molar-refractivity contribution in [2.75, 3.05) is 0 Å². The Morgan fingerprint density at radius 3 is 1.70 bits per heavy atom. The summed E-state index contributed by atoms with van der Waals surface area (Å²) in [5.74, 6) is 1.96. The van der Waals surface area contributed by atoms with Gasteiger partial charge in [0, 0.05) is 64.1 Å². The lowest BCUT2D eigenvalue weighted by molar-refractivity contribution is 0.669. The molecule has 8 aromatic carbocycles. The van der Waals surface area contributed by atoms with Crippen molar-refractivity contribution in [2.24, 2.45) is 0 Å². The summed E-state index contributed by atoms with van der Waals surface area (Å²) in [7, 11) is 0. The smallest absolute Gasteiger partial charge is 0.164 e. The zero-order valence-corrected chi connectivity index (χ0v) is 31.2. The van der Waals surface area contributed by atoms with Crippen LogP contribution in [0.3, 0.4) is 0 Å². The van der Waals surface area contributed by atoms with Crippen LogP contribution >= 0.6 is 11.3 Å². The van der Waals surface area contributed by atoms with Crippen molar-refractivity contribution < 1.29 is 4.42 Å². The number of hydrogen-bond donors (Lipinski definition) is 0. The molecule has 57 heavy (non-hydrogen) atoms. The molecule has 0 N–H and O–H groups in total. The van der Waals surface area contributed by atoms with Crippen LogP contribution in [0.2, 0.25) is 0 Å². The average Bonchev–Trinajstić information content (AvgIpc) is 3.95. The molecule has 0 bridgehead atoms. The Bertz CT molecular complexity index is 3420. The van der Waals surface area contributed by atoms with E-state index in [4.69, 9.17) is 19.4 Å². The molecule has 0 unspecified atom stereocenters. The fourth-order valence-electron chi connectivity index (χ4n) is 8.42. The van der Waals surface area contributed by atoms with Gasteiger partial charge in [0.15, 0.2) is 17.5 Å². The normalized spacial score (nSPS) is 11.9. The molecule has 0 spiro atoms. The molecule has 0 amide bonds. The van der Waals surface area contributed by atoms with Gasteiger partial charge in [-0.25, -0.2) is 15.0 Å². The highest BCUT2D eigenvalue weighted by Crippen LogP contribution is 2.43. The molecule has 12 rings (SSSR count). The molecule has 0 radical (unpaired) electrons. The van der Waals surface area contributed by atoms with Gasteiger partial charge in [0.1, 0.15) is 11.2 Å². The van der Waals surface area contributed by atoms with Crippen molar-refractivity contribution in [1.82, 2.24) is 19.5 Å². The number of thiophene rings is 1. The molecule has 0 saturated heterocycles. The summed E-state index contributed by atoms with van der Waals surface area (Å²) in [6, 6.07) is 63.8. The quantitative estimate of drug-likeness (QED) is 0.176. The summed E-state index contributed by atoms with van der Waals surface area (Å²) >= 11 is 1.79. The minimum Gasteiger partial charge on any atom is -0.456 e. The van der Waals surface area contributed by atoms with Gasteiger partial charge in [-0.3, -0.25) is 0 Å². The van der Waals surface area contributed by atoms with E-state index in [0.29, 0.717) is 17.5 Å². The van der Waals surface area contributed by atoms with E-state index in [2.05, 4.69) is 126 Å². The predicted octanol–water partition coefficient (Wildman–Crippen LogP) is 13.9. The molecular formula is C51H30N4OS. The SMILES string of the molecule is c1ccc(-c2nc(-c3ccccc3)nc(-c3ccc4c(c3)sc3cccc(-c5ccc6c(c5)oc5ccc(-n7c8ccccc8c8ccccc87)cc56)c34)n2)cc1. The molecule has 0 fully saturated rings. The third kappa shape index (κ3) is 5.12. The number of aromatic nitrogens is 4. The average molecular weight is 747 g/mol. The van der Waals surface area contributed by atoms with Gasteiger partial charge in [0.2, 0.25) is 0 Å². The second-order valence-electron chi connectivity index (χ2n) is 14.4. The van der Waals surface area contributed by atoms with Crippen LogP contribution in [0.1, 0.15) is 0 Å². The second kappa shape index (κ2) is 12.6. The first-order chi connectivity index (χ1) is 28.2. The Morgan fingerprint density at radius 2 is 1.00 bits per heavy atom. The van der Waals surface area contributed by atoms with Crippen LogP contribution in [0.4, 0.5) is 0 Å². The molecule has 0 aliphatic heterocycles. The molecule has 0 aliphatic rings. The van der Waals surface area contributed by atoms with Gasteiger partial charge < -0.3 is 8.98 Å². The van der Waals surface area contributed by atoms with E-state index in [1.807, 2.05) is 60.7 Å². The number of para-hydroxylation sites is 2. The maximum atomic E-state index is 6.57. The third-order valence-corrected chi connectivity index (χ3v) is 12.2. The van der Waals surface area contributed by atoms with E-state index in [9.17, 15) is 0 Å². The van der Waals surface area contributed by atoms with Crippen molar-refractivity contribution in [2.45, 2.75) is 0 Å². The number of rotatable bonds is 5. The van der Waals surface area contributed by atoms with Gasteiger partial charge in [0.05, 0.1) is 11.0 Å². The first-order valence-corrected chi connectivity index (χ1v) is 19.8. The molecule has 0 atom stereocenters. The van der Waals surface area contributed by atoms with Gasteiger partial charge in [-0.15, -0.1) is 11.3 Å². The molecule has 266 valence electrons. The maximum Gasteiger partial charge on any atom is 0.164 e. The molecule has 12 aromatic rings. The fraction of sp³-hybridized carbons (Fsp3) is 0. The highest BCUT2D eigenvalue weighted by atomic mass is 32.1. The lowest BCUT2D eigenvalue weighted by atomic mass is 9.98. The first kappa shape index (κ1) is 31.9. The number of hydrogen-bond acceptors (Lipinski definition) is 5. The predicted molar refractivity (Wildman–Crippen MR) is 236 cm³/mol. The second-order valence-corrected chi connectivity index (χ2v) is 15.5. The number of furan rings is 1. The van der Waals surface area contributed by atoms with Crippen molar-refractivity contribution >= 4 is 75.3 Å². The summed E-state index contributed by atoms with van der Waals surface area (Å²) in [6.45, 7) is 0. The molecule has 5 nitrogen and oxygen atoms in total. The summed E-state index contributed by atoms with van der Waals surface area (Å²) in [4.78, 5) is 14.9. The van der Waals surface area contributed by atoms with E-state index in [0.717, 1.165) is 49.9 Å². The number of nitrogens with zero attached hydrogens (tertiary/aromatic N) is 4. The van der Waals surface area contributed by atoms with E-state index in [-0.39, 0.29) is 0 Å². The van der Waals surface area contributed by atoms with Crippen LogP contribution in [0.15, 0.2) is 186 Å². The summed E-state index contributed by atoms with van der Waals surface area (Å²) in [5.41, 5.74) is 10.4. The van der Waals surface area contributed by atoms with Crippen LogP contribution in [0, 0.1) is 0 Å². The van der Waals surface area contributed by atoms with Crippen molar-refractivity contribution in [3.05, 3.63) is 182 Å². The Hall–Kier alpha value is -7.41. The fourth-order valence-corrected chi connectivity index (χ4v) is 9.59. The highest BCUT2D eigenvalue weighted by molar-refractivity contribution is 7.26. The summed E-state index contributed by atoms with van der Waals surface area (Å²) in [5, 5.41) is 7.15. The van der Waals surface area contributed by atoms with E-state index < -0.39 is 0 Å². The zero-order valence-electron chi connectivity index (χ0n) is 30.4. The van der Waals surface area contributed by atoms with Crippen molar-refractivity contribution in [1.29, 1.82) is 0 Å².